The highest BCUT2D eigenvalue weighted by Crippen LogP contribution is 2.35. The molecule has 0 aliphatic carbocycles. The van der Waals surface area contributed by atoms with Gasteiger partial charge in [0.1, 0.15) is 16.8 Å². The van der Waals surface area contributed by atoms with Crippen LogP contribution >= 0.6 is 15.9 Å². The van der Waals surface area contributed by atoms with Crippen molar-refractivity contribution in [3.8, 4) is 5.75 Å². The molecule has 0 radical (unpaired) electrons. The number of likely N-dealkylation sites (tertiary alicyclic amines) is 1. The molecule has 10 nitrogen and oxygen atoms in total. The lowest BCUT2D eigenvalue weighted by Crippen LogP contribution is -2.30. The van der Waals surface area contributed by atoms with Crippen LogP contribution in [0.25, 0.3) is 10.4 Å². The van der Waals surface area contributed by atoms with E-state index in [2.05, 4.69) is 26.0 Å². The van der Waals surface area contributed by atoms with E-state index in [0.717, 1.165) is 0 Å². The van der Waals surface area contributed by atoms with Gasteiger partial charge < -0.3 is 19.1 Å². The van der Waals surface area contributed by atoms with E-state index in [1.807, 2.05) is 0 Å². The van der Waals surface area contributed by atoms with Gasteiger partial charge in [0, 0.05) is 24.4 Å². The van der Waals surface area contributed by atoms with Gasteiger partial charge in [-0.2, -0.15) is 0 Å². The van der Waals surface area contributed by atoms with E-state index in [1.54, 1.807) is 53.7 Å². The summed E-state index contributed by atoms with van der Waals surface area (Å²) < 4.78 is 16.5. The van der Waals surface area contributed by atoms with Crippen molar-refractivity contribution in [1.29, 1.82) is 0 Å². The summed E-state index contributed by atoms with van der Waals surface area (Å²) in [7, 11) is 0. The molecule has 1 heterocycles. The molecule has 0 unspecified atom stereocenters. The van der Waals surface area contributed by atoms with Gasteiger partial charge in [0.05, 0.1) is 10.5 Å². The first-order chi connectivity index (χ1) is 14.7. The first-order valence-electron chi connectivity index (χ1n) is 9.97. The highest BCUT2D eigenvalue weighted by molar-refractivity contribution is 9.10. The maximum absolute atomic E-state index is 13.1. The van der Waals surface area contributed by atoms with Gasteiger partial charge in [-0.05, 0) is 74.6 Å². The van der Waals surface area contributed by atoms with Crippen LogP contribution in [-0.2, 0) is 20.8 Å². The first-order valence-corrected chi connectivity index (χ1v) is 10.8. The van der Waals surface area contributed by atoms with Crippen molar-refractivity contribution in [3.05, 3.63) is 38.2 Å². The van der Waals surface area contributed by atoms with Crippen LogP contribution in [0.2, 0.25) is 0 Å². The molecule has 0 spiro atoms. The fourth-order valence-electron chi connectivity index (χ4n) is 3.00. The number of halogens is 1. The fraction of sp³-hybridized carbons (Fsp3) is 0.571. The van der Waals surface area contributed by atoms with E-state index in [9.17, 15) is 14.4 Å². The number of carbonyl (C=O) groups is 3. The number of hydrogen-bond donors (Lipinski definition) is 0. The number of ether oxygens (including phenoxy) is 3. The SMILES string of the molecule is CC(C)(C)OC(=O)Oc1c(Br)ccc(CN2C[C@@H](N=[N+]=[N-])CC2=O)c1C(=O)OC(C)(C)C. The summed E-state index contributed by atoms with van der Waals surface area (Å²) in [6.45, 7) is 10.5. The third kappa shape index (κ3) is 7.13. The number of nitrogens with zero attached hydrogens (tertiary/aromatic N) is 4. The predicted octanol–water partition coefficient (Wildman–Crippen LogP) is 5.13. The Bertz CT molecular complexity index is 960. The zero-order valence-corrected chi connectivity index (χ0v) is 20.6. The summed E-state index contributed by atoms with van der Waals surface area (Å²) in [5.74, 6) is -0.995. The van der Waals surface area contributed by atoms with Crippen LogP contribution in [0.3, 0.4) is 0 Å². The Morgan fingerprint density at radius 2 is 1.81 bits per heavy atom. The number of rotatable bonds is 5. The van der Waals surface area contributed by atoms with Crippen LogP contribution < -0.4 is 4.74 Å². The van der Waals surface area contributed by atoms with Crippen LogP contribution in [0.4, 0.5) is 4.79 Å². The highest BCUT2D eigenvalue weighted by atomic mass is 79.9. The minimum Gasteiger partial charge on any atom is -0.456 e. The first kappa shape index (κ1) is 25.5. The van der Waals surface area contributed by atoms with Crippen molar-refractivity contribution >= 4 is 34.0 Å². The predicted molar refractivity (Wildman–Crippen MR) is 119 cm³/mol. The molecule has 1 aromatic rings. The fourth-order valence-corrected chi connectivity index (χ4v) is 3.41. The smallest absolute Gasteiger partial charge is 0.456 e. The molecule has 0 saturated carbocycles. The minimum atomic E-state index is -0.985. The van der Waals surface area contributed by atoms with Gasteiger partial charge in [-0.3, -0.25) is 4.79 Å². The van der Waals surface area contributed by atoms with E-state index in [-0.39, 0.29) is 36.7 Å². The van der Waals surface area contributed by atoms with E-state index in [1.165, 1.54) is 4.90 Å². The Balaban J connectivity index is 2.46. The molecule has 2 rings (SSSR count). The van der Waals surface area contributed by atoms with Gasteiger partial charge in [-0.25, -0.2) is 9.59 Å². The summed E-state index contributed by atoms with van der Waals surface area (Å²) in [6, 6.07) is 2.76. The van der Waals surface area contributed by atoms with Crippen molar-refractivity contribution in [3.63, 3.8) is 0 Å². The zero-order chi connectivity index (χ0) is 24.3. The molecule has 11 heteroatoms. The lowest BCUT2D eigenvalue weighted by atomic mass is 10.0. The van der Waals surface area contributed by atoms with Gasteiger partial charge in [0.2, 0.25) is 5.91 Å². The van der Waals surface area contributed by atoms with Crippen molar-refractivity contribution in [2.75, 3.05) is 6.54 Å². The monoisotopic (exact) mass is 510 g/mol. The molecular weight excluding hydrogens is 484 g/mol. The zero-order valence-electron chi connectivity index (χ0n) is 19.0. The molecule has 0 bridgehead atoms. The summed E-state index contributed by atoms with van der Waals surface area (Å²) in [6.07, 6.45) is -0.898. The molecule has 1 amide bonds. The Morgan fingerprint density at radius 3 is 2.38 bits per heavy atom. The Labute approximate surface area is 194 Å². The molecule has 1 aliphatic heterocycles. The maximum atomic E-state index is 13.1. The molecular formula is C21H27BrN4O6. The Hall–Kier alpha value is -2.78. The van der Waals surface area contributed by atoms with Crippen LogP contribution in [0.5, 0.6) is 5.75 Å². The molecule has 1 aromatic carbocycles. The van der Waals surface area contributed by atoms with Gasteiger partial charge in [0.25, 0.3) is 0 Å². The lowest BCUT2D eigenvalue weighted by molar-refractivity contribution is -0.128. The average Bonchev–Trinajstić information content (AvgIpc) is 2.94. The van der Waals surface area contributed by atoms with Gasteiger partial charge >= 0.3 is 12.1 Å². The van der Waals surface area contributed by atoms with Crippen LogP contribution in [0.15, 0.2) is 21.7 Å². The largest absolute Gasteiger partial charge is 0.514 e. The van der Waals surface area contributed by atoms with Crippen molar-refractivity contribution in [2.24, 2.45) is 5.11 Å². The third-order valence-corrected chi connectivity index (χ3v) is 4.77. The summed E-state index contributed by atoms with van der Waals surface area (Å²) in [4.78, 5) is 42.0. The van der Waals surface area contributed by atoms with Crippen LogP contribution in [-0.4, -0.2) is 46.7 Å². The number of benzene rings is 1. The van der Waals surface area contributed by atoms with Crippen LogP contribution in [0, 0.1) is 0 Å². The third-order valence-electron chi connectivity index (χ3n) is 4.14. The van der Waals surface area contributed by atoms with Crippen molar-refractivity contribution in [2.45, 2.75) is 71.8 Å². The number of esters is 1. The van der Waals surface area contributed by atoms with Gasteiger partial charge in [0.15, 0.2) is 5.75 Å². The Morgan fingerprint density at radius 1 is 1.19 bits per heavy atom. The topological polar surface area (TPSA) is 131 Å². The minimum absolute atomic E-state index is 0.000179. The normalized spacial score (nSPS) is 16.4. The molecule has 1 aliphatic rings. The summed E-state index contributed by atoms with van der Waals surface area (Å²) in [5, 5.41) is 3.61. The van der Waals surface area contributed by atoms with Gasteiger partial charge in [-0.15, -0.1) is 0 Å². The Kier molecular flexibility index (Phi) is 7.79. The molecule has 1 saturated heterocycles. The van der Waals surface area contributed by atoms with Crippen LogP contribution in [0.1, 0.15) is 63.9 Å². The number of amides is 1. The highest BCUT2D eigenvalue weighted by Gasteiger charge is 2.33. The van der Waals surface area contributed by atoms with E-state index in [4.69, 9.17) is 19.7 Å². The van der Waals surface area contributed by atoms with E-state index >= 15 is 0 Å². The molecule has 0 N–H and O–H groups in total. The molecule has 32 heavy (non-hydrogen) atoms. The number of carbonyl (C=O) groups excluding carboxylic acids is 3. The lowest BCUT2D eigenvalue weighted by Gasteiger charge is -2.24. The van der Waals surface area contributed by atoms with Gasteiger partial charge in [-0.1, -0.05) is 11.2 Å². The second kappa shape index (κ2) is 9.79. The number of hydrogen-bond acceptors (Lipinski definition) is 7. The second-order valence-electron chi connectivity index (χ2n) is 9.32. The molecule has 1 atom stereocenters. The van der Waals surface area contributed by atoms with E-state index < -0.39 is 29.4 Å². The maximum Gasteiger partial charge on any atom is 0.514 e. The summed E-state index contributed by atoms with van der Waals surface area (Å²) in [5.41, 5.74) is 7.45. The van der Waals surface area contributed by atoms with Crippen molar-refractivity contribution < 1.29 is 28.6 Å². The quantitative estimate of drug-likeness (QED) is 0.177. The molecule has 174 valence electrons. The average molecular weight is 511 g/mol. The van der Waals surface area contributed by atoms with E-state index in [0.29, 0.717) is 10.0 Å². The second-order valence-corrected chi connectivity index (χ2v) is 10.2. The molecule has 0 aromatic heterocycles. The number of azide groups is 1. The standard InChI is InChI=1S/C21H27BrN4O6/c1-20(2,3)31-18(28)16-12(10-26-11-13(24-25-23)9-15(26)27)7-8-14(22)17(16)30-19(29)32-21(4,5)6/h7-8,13H,9-11H2,1-6H3/t13-/m0/s1. The molecule has 1 fully saturated rings. The summed E-state index contributed by atoms with van der Waals surface area (Å²) >= 11 is 3.32. The van der Waals surface area contributed by atoms with Crippen molar-refractivity contribution in [1.82, 2.24) is 4.90 Å².